The normalized spacial score (nSPS) is 29.9. The van der Waals surface area contributed by atoms with Crippen LogP contribution in [0.15, 0.2) is 30.3 Å². The van der Waals surface area contributed by atoms with E-state index in [2.05, 4.69) is 0 Å². The lowest BCUT2D eigenvalue weighted by Gasteiger charge is -2.39. The van der Waals surface area contributed by atoms with Gasteiger partial charge in [0, 0.05) is 25.7 Å². The molecule has 1 aromatic carbocycles. The summed E-state index contributed by atoms with van der Waals surface area (Å²) in [5, 5.41) is 9.33. The Hall–Kier alpha value is -2.57. The smallest absolute Gasteiger partial charge is 0.407 e. The van der Waals surface area contributed by atoms with Gasteiger partial charge in [0.15, 0.2) is 0 Å². The number of carbonyl (C=O) groups is 3. The molecule has 1 spiro atoms. The minimum Gasteiger partial charge on any atom is -0.465 e. The van der Waals surface area contributed by atoms with Gasteiger partial charge in [-0.05, 0) is 57.1 Å². The number of carbonyl (C=O) groups excluding carboxylic acids is 2. The molecule has 29 heavy (non-hydrogen) atoms. The molecule has 0 radical (unpaired) electrons. The second-order valence-electron chi connectivity index (χ2n) is 8.54. The average molecular weight is 400 g/mol. The van der Waals surface area contributed by atoms with Crippen LogP contribution in [0.2, 0.25) is 0 Å². The van der Waals surface area contributed by atoms with Crippen molar-refractivity contribution < 1.29 is 24.2 Å². The van der Waals surface area contributed by atoms with Crippen molar-refractivity contribution in [2.45, 2.75) is 57.1 Å². The van der Waals surface area contributed by atoms with Gasteiger partial charge in [-0.25, -0.2) is 9.59 Å². The van der Waals surface area contributed by atoms with E-state index in [4.69, 9.17) is 4.74 Å². The lowest BCUT2D eigenvalue weighted by atomic mass is 9.78. The molecule has 1 N–H and O–H groups in total. The third kappa shape index (κ3) is 3.95. The van der Waals surface area contributed by atoms with Crippen LogP contribution in [0.4, 0.5) is 4.79 Å². The Labute approximate surface area is 170 Å². The topological polar surface area (TPSA) is 87.2 Å². The van der Waals surface area contributed by atoms with Gasteiger partial charge in [0.05, 0.1) is 11.0 Å². The molecule has 3 fully saturated rings. The summed E-state index contributed by atoms with van der Waals surface area (Å²) in [7, 11) is 0. The zero-order chi connectivity index (χ0) is 20.4. The average Bonchev–Trinajstić information content (AvgIpc) is 3.05. The second kappa shape index (κ2) is 8.05. The quantitative estimate of drug-likeness (QED) is 0.788. The lowest BCUT2D eigenvalue weighted by Crippen LogP contribution is -2.51. The van der Waals surface area contributed by atoms with Crippen molar-refractivity contribution in [2.75, 3.05) is 19.6 Å². The zero-order valence-electron chi connectivity index (χ0n) is 16.6. The van der Waals surface area contributed by atoms with E-state index in [-0.39, 0.29) is 24.0 Å². The summed E-state index contributed by atoms with van der Waals surface area (Å²) in [5.41, 5.74) is 0.0272. The van der Waals surface area contributed by atoms with Crippen molar-refractivity contribution in [1.82, 2.24) is 9.80 Å². The van der Waals surface area contributed by atoms with Gasteiger partial charge in [0.1, 0.15) is 6.10 Å². The number of ether oxygens (including phenoxy) is 1. The van der Waals surface area contributed by atoms with Crippen LogP contribution in [0.5, 0.6) is 0 Å². The second-order valence-corrected chi connectivity index (χ2v) is 8.54. The molecule has 3 aliphatic rings. The molecule has 1 aliphatic carbocycles. The highest BCUT2D eigenvalue weighted by Gasteiger charge is 2.51. The number of benzene rings is 1. The summed E-state index contributed by atoms with van der Waals surface area (Å²) >= 11 is 0. The van der Waals surface area contributed by atoms with Crippen LogP contribution in [0.1, 0.15) is 55.3 Å². The van der Waals surface area contributed by atoms with E-state index in [0.717, 1.165) is 44.9 Å². The highest BCUT2D eigenvalue weighted by Crippen LogP contribution is 2.42. The molecule has 2 amide bonds. The van der Waals surface area contributed by atoms with Crippen molar-refractivity contribution in [3.8, 4) is 0 Å². The van der Waals surface area contributed by atoms with E-state index in [1.165, 1.54) is 4.90 Å². The molecular formula is C22H28N2O5. The predicted molar refractivity (Wildman–Crippen MR) is 105 cm³/mol. The number of amides is 2. The summed E-state index contributed by atoms with van der Waals surface area (Å²) in [6, 6.07) is 9.16. The monoisotopic (exact) mass is 400 g/mol. The maximum absolute atomic E-state index is 13.2. The Kier molecular flexibility index (Phi) is 5.48. The van der Waals surface area contributed by atoms with Gasteiger partial charge >= 0.3 is 12.1 Å². The molecular weight excluding hydrogens is 372 g/mol. The molecule has 156 valence electrons. The number of likely N-dealkylation sites (tertiary alicyclic amines) is 2. The van der Waals surface area contributed by atoms with E-state index in [1.54, 1.807) is 12.1 Å². The van der Waals surface area contributed by atoms with Crippen LogP contribution in [0, 0.1) is 5.41 Å². The first-order valence-corrected chi connectivity index (χ1v) is 10.5. The van der Waals surface area contributed by atoms with Gasteiger partial charge in [0.25, 0.3) is 0 Å². The predicted octanol–water partition coefficient (Wildman–Crippen LogP) is 3.15. The Morgan fingerprint density at radius 2 is 1.76 bits per heavy atom. The van der Waals surface area contributed by atoms with Crippen LogP contribution in [-0.4, -0.2) is 64.7 Å². The summed E-state index contributed by atoms with van der Waals surface area (Å²) in [6.07, 6.45) is 4.35. The lowest BCUT2D eigenvalue weighted by molar-refractivity contribution is -0.141. The molecule has 0 bridgehead atoms. The van der Waals surface area contributed by atoms with Crippen LogP contribution in [0.3, 0.4) is 0 Å². The molecule has 1 aromatic rings. The van der Waals surface area contributed by atoms with E-state index in [1.807, 2.05) is 23.1 Å². The first kappa shape index (κ1) is 19.7. The van der Waals surface area contributed by atoms with Crippen molar-refractivity contribution >= 4 is 18.0 Å². The number of rotatable bonds is 3. The largest absolute Gasteiger partial charge is 0.465 e. The summed E-state index contributed by atoms with van der Waals surface area (Å²) < 4.78 is 5.65. The fraction of sp³-hybridized carbons (Fsp3) is 0.591. The summed E-state index contributed by atoms with van der Waals surface area (Å²) in [5.74, 6) is -0.172. The Balaban J connectivity index is 1.32. The molecule has 2 heterocycles. The minimum atomic E-state index is -0.934. The molecule has 2 aliphatic heterocycles. The van der Waals surface area contributed by atoms with Crippen LogP contribution in [-0.2, 0) is 9.53 Å². The van der Waals surface area contributed by atoms with E-state index >= 15 is 0 Å². The molecule has 1 atom stereocenters. The molecule has 1 saturated carbocycles. The van der Waals surface area contributed by atoms with Crippen molar-refractivity contribution in [1.29, 1.82) is 0 Å². The van der Waals surface area contributed by atoms with Crippen LogP contribution >= 0.6 is 0 Å². The SMILES string of the molecule is O=C(OC1CCC(N2CC[C@@]3(CCCN(C(=O)O)C3)C2=O)CC1)c1ccccc1. The maximum atomic E-state index is 13.2. The maximum Gasteiger partial charge on any atom is 0.407 e. The van der Waals surface area contributed by atoms with Gasteiger partial charge in [-0.3, -0.25) is 4.79 Å². The van der Waals surface area contributed by atoms with Crippen molar-refractivity contribution in [3.05, 3.63) is 35.9 Å². The van der Waals surface area contributed by atoms with E-state index < -0.39 is 11.5 Å². The third-order valence-electron chi connectivity index (χ3n) is 6.76. The minimum absolute atomic E-state index is 0.109. The van der Waals surface area contributed by atoms with Gasteiger partial charge in [-0.1, -0.05) is 18.2 Å². The molecule has 4 rings (SSSR count). The van der Waals surface area contributed by atoms with Crippen LogP contribution < -0.4 is 0 Å². The number of esters is 1. The van der Waals surface area contributed by atoms with Gasteiger partial charge < -0.3 is 19.6 Å². The zero-order valence-corrected chi connectivity index (χ0v) is 16.6. The van der Waals surface area contributed by atoms with Gasteiger partial charge in [-0.15, -0.1) is 0 Å². The Morgan fingerprint density at radius 3 is 2.45 bits per heavy atom. The fourth-order valence-corrected chi connectivity index (χ4v) is 5.14. The van der Waals surface area contributed by atoms with Crippen LogP contribution in [0.25, 0.3) is 0 Å². The number of nitrogens with zero attached hydrogens (tertiary/aromatic N) is 2. The standard InChI is InChI=1S/C22H28N2O5/c25-19(16-5-2-1-3-6-16)29-18-9-7-17(8-10-18)24-14-12-22(20(24)26)11-4-13-23(15-22)21(27)28/h1-3,5-6,17-18H,4,7-15H2,(H,27,28)/t17?,18?,22-/m1/s1. The molecule has 2 saturated heterocycles. The molecule has 7 nitrogen and oxygen atoms in total. The van der Waals surface area contributed by atoms with E-state index in [0.29, 0.717) is 25.2 Å². The van der Waals surface area contributed by atoms with Crippen molar-refractivity contribution in [2.24, 2.45) is 5.41 Å². The van der Waals surface area contributed by atoms with Gasteiger partial charge in [0.2, 0.25) is 5.91 Å². The Bertz CT molecular complexity index is 775. The first-order chi connectivity index (χ1) is 14.0. The number of piperidine rings is 1. The number of carboxylic acid groups (broad SMARTS) is 1. The van der Waals surface area contributed by atoms with Gasteiger partial charge in [-0.2, -0.15) is 0 Å². The van der Waals surface area contributed by atoms with Crippen molar-refractivity contribution in [3.63, 3.8) is 0 Å². The fourth-order valence-electron chi connectivity index (χ4n) is 5.14. The molecule has 0 aromatic heterocycles. The molecule has 0 unspecified atom stereocenters. The number of hydrogen-bond acceptors (Lipinski definition) is 4. The van der Waals surface area contributed by atoms with E-state index in [9.17, 15) is 19.5 Å². The Morgan fingerprint density at radius 1 is 1.03 bits per heavy atom. The summed E-state index contributed by atoms with van der Waals surface area (Å²) in [6.45, 7) is 1.54. The number of hydrogen-bond donors (Lipinski definition) is 1. The molecule has 7 heteroatoms. The third-order valence-corrected chi connectivity index (χ3v) is 6.76. The summed E-state index contributed by atoms with van der Waals surface area (Å²) in [4.78, 5) is 40.2. The first-order valence-electron chi connectivity index (χ1n) is 10.5. The highest BCUT2D eigenvalue weighted by atomic mass is 16.5. The highest BCUT2D eigenvalue weighted by molar-refractivity contribution is 5.89.